The van der Waals surface area contributed by atoms with Gasteiger partial charge in [-0.3, -0.25) is 15.1 Å². The SMILES string of the molecule is CC(O)c1csc(NC(=O)c2nccc3ccccc23)n1. The van der Waals surface area contributed by atoms with Crippen LogP contribution in [0.1, 0.15) is 29.2 Å². The Kier molecular flexibility index (Phi) is 3.64. The Morgan fingerprint density at radius 2 is 2.14 bits per heavy atom. The van der Waals surface area contributed by atoms with E-state index in [0.29, 0.717) is 16.5 Å². The highest BCUT2D eigenvalue weighted by molar-refractivity contribution is 7.14. The van der Waals surface area contributed by atoms with Crippen LogP contribution in [-0.4, -0.2) is 21.0 Å². The summed E-state index contributed by atoms with van der Waals surface area (Å²) in [7, 11) is 0. The maximum atomic E-state index is 12.3. The number of thiazole rings is 1. The highest BCUT2D eigenvalue weighted by atomic mass is 32.1. The summed E-state index contributed by atoms with van der Waals surface area (Å²) in [6, 6.07) is 9.44. The smallest absolute Gasteiger partial charge is 0.276 e. The van der Waals surface area contributed by atoms with Crippen LogP contribution in [0.25, 0.3) is 10.8 Å². The first kappa shape index (κ1) is 13.7. The summed E-state index contributed by atoms with van der Waals surface area (Å²) in [5.41, 5.74) is 0.906. The van der Waals surface area contributed by atoms with Gasteiger partial charge in [-0.05, 0) is 18.4 Å². The molecule has 0 fully saturated rings. The zero-order valence-corrected chi connectivity index (χ0v) is 12.1. The van der Waals surface area contributed by atoms with Gasteiger partial charge >= 0.3 is 0 Å². The van der Waals surface area contributed by atoms with Gasteiger partial charge in [0.25, 0.3) is 5.91 Å². The van der Waals surface area contributed by atoms with Crippen molar-refractivity contribution >= 4 is 33.1 Å². The molecule has 106 valence electrons. The monoisotopic (exact) mass is 299 g/mol. The molecular formula is C15H13N3O2S. The van der Waals surface area contributed by atoms with E-state index in [0.717, 1.165) is 10.8 Å². The first-order valence-corrected chi connectivity index (χ1v) is 7.31. The third kappa shape index (κ3) is 2.76. The number of rotatable bonds is 3. The van der Waals surface area contributed by atoms with E-state index in [4.69, 9.17) is 0 Å². The third-order valence-electron chi connectivity index (χ3n) is 3.06. The predicted octanol–water partition coefficient (Wildman–Crippen LogP) is 3.00. The third-order valence-corrected chi connectivity index (χ3v) is 3.84. The Hall–Kier alpha value is -2.31. The lowest BCUT2D eigenvalue weighted by Gasteiger charge is -2.05. The molecule has 2 N–H and O–H groups in total. The van der Waals surface area contributed by atoms with E-state index in [-0.39, 0.29) is 5.91 Å². The van der Waals surface area contributed by atoms with E-state index in [1.807, 2.05) is 30.3 Å². The molecular weight excluding hydrogens is 286 g/mol. The first-order chi connectivity index (χ1) is 10.1. The molecule has 0 aliphatic carbocycles. The van der Waals surface area contributed by atoms with Crippen LogP contribution in [0.4, 0.5) is 5.13 Å². The summed E-state index contributed by atoms with van der Waals surface area (Å²) in [6.45, 7) is 1.63. The van der Waals surface area contributed by atoms with Crippen molar-refractivity contribution < 1.29 is 9.90 Å². The Morgan fingerprint density at radius 1 is 1.33 bits per heavy atom. The van der Waals surface area contributed by atoms with E-state index < -0.39 is 6.10 Å². The fraction of sp³-hybridized carbons (Fsp3) is 0.133. The Bertz CT molecular complexity index is 793. The molecule has 3 aromatic rings. The maximum absolute atomic E-state index is 12.3. The Balaban J connectivity index is 1.90. The summed E-state index contributed by atoms with van der Waals surface area (Å²) in [5, 5.41) is 16.1. The summed E-state index contributed by atoms with van der Waals surface area (Å²) < 4.78 is 0. The second-order valence-electron chi connectivity index (χ2n) is 4.59. The molecule has 2 heterocycles. The van der Waals surface area contributed by atoms with Crippen LogP contribution in [0.3, 0.4) is 0 Å². The number of aromatic nitrogens is 2. The van der Waals surface area contributed by atoms with E-state index in [9.17, 15) is 9.90 Å². The second-order valence-corrected chi connectivity index (χ2v) is 5.45. The van der Waals surface area contributed by atoms with Crippen LogP contribution in [-0.2, 0) is 0 Å². The zero-order chi connectivity index (χ0) is 14.8. The van der Waals surface area contributed by atoms with E-state index in [1.54, 1.807) is 18.5 Å². The quantitative estimate of drug-likeness (QED) is 0.779. The number of pyridine rings is 1. The van der Waals surface area contributed by atoms with Crippen LogP contribution in [0, 0.1) is 0 Å². The summed E-state index contributed by atoms with van der Waals surface area (Å²) in [4.78, 5) is 20.7. The lowest BCUT2D eigenvalue weighted by Crippen LogP contribution is -2.14. The molecule has 0 aliphatic heterocycles. The lowest BCUT2D eigenvalue weighted by molar-refractivity contribution is 0.102. The molecule has 0 bridgehead atoms. The highest BCUT2D eigenvalue weighted by Crippen LogP contribution is 2.22. The molecule has 0 saturated heterocycles. The largest absolute Gasteiger partial charge is 0.387 e. The molecule has 0 aliphatic rings. The lowest BCUT2D eigenvalue weighted by atomic mass is 10.1. The zero-order valence-electron chi connectivity index (χ0n) is 11.3. The van der Waals surface area contributed by atoms with Crippen LogP contribution in [0.5, 0.6) is 0 Å². The molecule has 0 radical (unpaired) electrons. The molecule has 1 unspecified atom stereocenters. The van der Waals surface area contributed by atoms with Crippen molar-refractivity contribution in [1.82, 2.24) is 9.97 Å². The first-order valence-electron chi connectivity index (χ1n) is 6.44. The van der Waals surface area contributed by atoms with Crippen molar-refractivity contribution in [2.75, 3.05) is 5.32 Å². The Morgan fingerprint density at radius 3 is 2.90 bits per heavy atom. The van der Waals surface area contributed by atoms with E-state index in [1.165, 1.54) is 11.3 Å². The van der Waals surface area contributed by atoms with Gasteiger partial charge in [0.1, 0.15) is 5.69 Å². The average Bonchev–Trinajstić information content (AvgIpc) is 2.95. The van der Waals surface area contributed by atoms with Gasteiger partial charge in [0, 0.05) is 17.0 Å². The number of benzene rings is 1. The molecule has 5 nitrogen and oxygen atoms in total. The van der Waals surface area contributed by atoms with Gasteiger partial charge in [0.05, 0.1) is 11.8 Å². The van der Waals surface area contributed by atoms with Crippen molar-refractivity contribution in [3.8, 4) is 0 Å². The highest BCUT2D eigenvalue weighted by Gasteiger charge is 2.14. The van der Waals surface area contributed by atoms with Crippen molar-refractivity contribution in [2.45, 2.75) is 13.0 Å². The summed E-state index contributed by atoms with van der Waals surface area (Å²) in [6.07, 6.45) is 0.961. The predicted molar refractivity (Wildman–Crippen MR) is 82.4 cm³/mol. The number of hydrogen-bond acceptors (Lipinski definition) is 5. The maximum Gasteiger partial charge on any atom is 0.276 e. The standard InChI is InChI=1S/C15H13N3O2S/c1-9(19)12-8-21-15(17-12)18-14(20)13-11-5-3-2-4-10(11)6-7-16-13/h2-9,19H,1H3,(H,17,18,20). The summed E-state index contributed by atoms with van der Waals surface area (Å²) in [5.74, 6) is -0.307. The van der Waals surface area contributed by atoms with Gasteiger partial charge in [-0.15, -0.1) is 11.3 Å². The minimum absolute atomic E-state index is 0.307. The molecule has 0 saturated carbocycles. The number of carbonyl (C=O) groups is 1. The molecule has 0 spiro atoms. The molecule has 1 amide bonds. The van der Waals surface area contributed by atoms with Gasteiger partial charge in [-0.1, -0.05) is 24.3 Å². The molecule has 21 heavy (non-hydrogen) atoms. The Labute approximate surface area is 125 Å². The van der Waals surface area contributed by atoms with Gasteiger partial charge < -0.3 is 5.11 Å². The van der Waals surface area contributed by atoms with E-state index >= 15 is 0 Å². The van der Waals surface area contributed by atoms with Crippen LogP contribution >= 0.6 is 11.3 Å². The number of amides is 1. The molecule has 2 aromatic heterocycles. The number of anilines is 1. The molecule has 6 heteroatoms. The van der Waals surface area contributed by atoms with Gasteiger partial charge in [-0.25, -0.2) is 4.98 Å². The normalized spacial score (nSPS) is 12.3. The van der Waals surface area contributed by atoms with Crippen molar-refractivity contribution in [3.63, 3.8) is 0 Å². The number of aliphatic hydroxyl groups is 1. The number of nitrogens with zero attached hydrogens (tertiary/aromatic N) is 2. The van der Waals surface area contributed by atoms with Crippen molar-refractivity contribution in [2.24, 2.45) is 0 Å². The number of carbonyl (C=O) groups excluding carboxylic acids is 1. The average molecular weight is 299 g/mol. The van der Waals surface area contributed by atoms with Crippen molar-refractivity contribution in [1.29, 1.82) is 0 Å². The fourth-order valence-electron chi connectivity index (χ4n) is 1.99. The van der Waals surface area contributed by atoms with Crippen LogP contribution in [0.2, 0.25) is 0 Å². The topological polar surface area (TPSA) is 75.1 Å². The fourth-order valence-corrected chi connectivity index (χ4v) is 2.78. The minimum atomic E-state index is -0.650. The second kappa shape index (κ2) is 5.59. The van der Waals surface area contributed by atoms with E-state index in [2.05, 4.69) is 15.3 Å². The number of fused-ring (bicyclic) bond motifs is 1. The number of nitrogens with one attached hydrogen (secondary N) is 1. The van der Waals surface area contributed by atoms with Crippen molar-refractivity contribution in [3.05, 3.63) is 53.3 Å². The number of aliphatic hydroxyl groups excluding tert-OH is 1. The van der Waals surface area contributed by atoms with Gasteiger partial charge in [0.2, 0.25) is 0 Å². The molecule has 1 atom stereocenters. The van der Waals surface area contributed by atoms with Gasteiger partial charge in [-0.2, -0.15) is 0 Å². The molecule has 1 aromatic carbocycles. The van der Waals surface area contributed by atoms with Gasteiger partial charge in [0.15, 0.2) is 5.13 Å². The van der Waals surface area contributed by atoms with Crippen LogP contribution in [0.15, 0.2) is 41.9 Å². The molecule has 3 rings (SSSR count). The van der Waals surface area contributed by atoms with Crippen LogP contribution < -0.4 is 5.32 Å². The number of hydrogen-bond donors (Lipinski definition) is 2. The minimum Gasteiger partial charge on any atom is -0.387 e. The summed E-state index contributed by atoms with van der Waals surface area (Å²) >= 11 is 1.28.